The zero-order valence-electron chi connectivity index (χ0n) is 16.1. The van der Waals surface area contributed by atoms with Crippen molar-refractivity contribution in [3.05, 3.63) is 30.3 Å². The van der Waals surface area contributed by atoms with Crippen LogP contribution in [-0.2, 0) is 9.59 Å². The van der Waals surface area contributed by atoms with Crippen LogP contribution < -0.4 is 10.1 Å². The fourth-order valence-electron chi connectivity index (χ4n) is 3.76. The van der Waals surface area contributed by atoms with Crippen LogP contribution in [0.5, 0.6) is 5.75 Å². The highest BCUT2D eigenvalue weighted by Crippen LogP contribution is 2.22. The number of rotatable bonds is 4. The van der Waals surface area contributed by atoms with Crippen molar-refractivity contribution in [1.82, 2.24) is 15.1 Å². The predicted molar refractivity (Wildman–Crippen MR) is 107 cm³/mol. The summed E-state index contributed by atoms with van der Waals surface area (Å²) >= 11 is 0. The monoisotopic (exact) mass is 395 g/mol. The second kappa shape index (κ2) is 9.95. The molecule has 0 aliphatic carbocycles. The molecule has 7 heteroatoms. The molecule has 3 rings (SSSR count). The van der Waals surface area contributed by atoms with E-state index >= 15 is 0 Å². The summed E-state index contributed by atoms with van der Waals surface area (Å²) in [6, 6.07) is 9.83. The van der Waals surface area contributed by atoms with Gasteiger partial charge in [0.1, 0.15) is 5.75 Å². The summed E-state index contributed by atoms with van der Waals surface area (Å²) in [6.07, 6.45) is 1.72. The Morgan fingerprint density at radius 3 is 2.67 bits per heavy atom. The third kappa shape index (κ3) is 5.36. The number of ether oxygens (including phenoxy) is 1. The molecule has 150 valence electrons. The van der Waals surface area contributed by atoms with Crippen molar-refractivity contribution in [2.75, 3.05) is 32.8 Å². The zero-order valence-corrected chi connectivity index (χ0v) is 16.9. The van der Waals surface area contributed by atoms with Crippen molar-refractivity contribution in [2.45, 2.75) is 38.8 Å². The van der Waals surface area contributed by atoms with E-state index in [0.29, 0.717) is 24.9 Å². The van der Waals surface area contributed by atoms with Gasteiger partial charge in [-0.25, -0.2) is 0 Å². The average molecular weight is 396 g/mol. The van der Waals surface area contributed by atoms with Gasteiger partial charge in [0, 0.05) is 38.3 Å². The molecule has 2 amide bonds. The minimum Gasteiger partial charge on any atom is -0.484 e. The van der Waals surface area contributed by atoms with Crippen LogP contribution in [0.3, 0.4) is 0 Å². The first kappa shape index (κ1) is 21.5. The summed E-state index contributed by atoms with van der Waals surface area (Å²) in [6.45, 7) is 7.00. The molecule has 3 atom stereocenters. The van der Waals surface area contributed by atoms with E-state index in [4.69, 9.17) is 4.74 Å². The van der Waals surface area contributed by atoms with Gasteiger partial charge in [-0.1, -0.05) is 18.2 Å². The molecular weight excluding hydrogens is 366 g/mol. The number of amides is 2. The topological polar surface area (TPSA) is 61.9 Å². The minimum absolute atomic E-state index is 0. The first-order chi connectivity index (χ1) is 12.6. The number of hydrogen-bond donors (Lipinski definition) is 1. The second-order valence-electron chi connectivity index (χ2n) is 7.30. The first-order valence-corrected chi connectivity index (χ1v) is 9.55. The number of hydrogen-bond acceptors (Lipinski definition) is 4. The highest BCUT2D eigenvalue weighted by molar-refractivity contribution is 5.85. The number of carbonyl (C=O) groups excluding carboxylic acids is 2. The maximum absolute atomic E-state index is 13.0. The number of likely N-dealkylation sites (tertiary alicyclic amines) is 1. The molecule has 1 N–H and O–H groups in total. The van der Waals surface area contributed by atoms with Crippen LogP contribution in [-0.4, -0.2) is 66.5 Å². The lowest BCUT2D eigenvalue weighted by Gasteiger charge is -2.42. The molecule has 3 unspecified atom stereocenters. The largest absolute Gasteiger partial charge is 0.484 e. The lowest BCUT2D eigenvalue weighted by atomic mass is 9.94. The van der Waals surface area contributed by atoms with Crippen LogP contribution in [0.25, 0.3) is 0 Å². The third-order valence-electron chi connectivity index (χ3n) is 5.55. The summed E-state index contributed by atoms with van der Waals surface area (Å²) in [7, 11) is 0. The number of nitrogens with one attached hydrogen (secondary N) is 1. The van der Waals surface area contributed by atoms with E-state index in [0.717, 1.165) is 25.9 Å². The minimum atomic E-state index is -0.0998. The lowest BCUT2D eigenvalue weighted by molar-refractivity contribution is -0.144. The Morgan fingerprint density at radius 2 is 1.93 bits per heavy atom. The Hall–Kier alpha value is -1.79. The van der Waals surface area contributed by atoms with E-state index in [2.05, 4.69) is 19.2 Å². The number of para-hydroxylation sites is 1. The van der Waals surface area contributed by atoms with Crippen LogP contribution >= 0.6 is 12.4 Å². The summed E-state index contributed by atoms with van der Waals surface area (Å²) in [5, 5.41) is 3.40. The smallest absolute Gasteiger partial charge is 0.260 e. The van der Waals surface area contributed by atoms with E-state index in [-0.39, 0.29) is 42.8 Å². The summed E-state index contributed by atoms with van der Waals surface area (Å²) in [5.41, 5.74) is 0. The fourth-order valence-corrected chi connectivity index (χ4v) is 3.76. The first-order valence-electron chi connectivity index (χ1n) is 9.55. The second-order valence-corrected chi connectivity index (χ2v) is 7.30. The van der Waals surface area contributed by atoms with Crippen LogP contribution in [0.2, 0.25) is 0 Å². The van der Waals surface area contributed by atoms with Crippen molar-refractivity contribution < 1.29 is 14.3 Å². The SMILES string of the molecule is CC1NCCN(C(=O)C2CCCN(C(=O)COc3ccccc3)C2)C1C.Cl. The molecule has 1 aromatic rings. The van der Waals surface area contributed by atoms with Gasteiger partial charge in [0.2, 0.25) is 5.91 Å². The van der Waals surface area contributed by atoms with E-state index in [1.807, 2.05) is 35.2 Å². The van der Waals surface area contributed by atoms with Crippen molar-refractivity contribution in [2.24, 2.45) is 5.92 Å². The van der Waals surface area contributed by atoms with Gasteiger partial charge >= 0.3 is 0 Å². The van der Waals surface area contributed by atoms with E-state index in [9.17, 15) is 9.59 Å². The molecule has 0 saturated carbocycles. The maximum Gasteiger partial charge on any atom is 0.260 e. The van der Waals surface area contributed by atoms with Crippen LogP contribution in [0, 0.1) is 5.92 Å². The van der Waals surface area contributed by atoms with Gasteiger partial charge in [-0.2, -0.15) is 0 Å². The highest BCUT2D eigenvalue weighted by Gasteiger charge is 2.35. The fraction of sp³-hybridized carbons (Fsp3) is 0.600. The number of piperidine rings is 1. The van der Waals surface area contributed by atoms with Crippen LogP contribution in [0.15, 0.2) is 30.3 Å². The van der Waals surface area contributed by atoms with Crippen LogP contribution in [0.1, 0.15) is 26.7 Å². The average Bonchev–Trinajstić information content (AvgIpc) is 2.68. The zero-order chi connectivity index (χ0) is 18.5. The van der Waals surface area contributed by atoms with Crippen LogP contribution in [0.4, 0.5) is 0 Å². The third-order valence-corrected chi connectivity index (χ3v) is 5.55. The van der Waals surface area contributed by atoms with E-state index < -0.39 is 0 Å². The number of carbonyl (C=O) groups is 2. The summed E-state index contributed by atoms with van der Waals surface area (Å²) in [4.78, 5) is 29.3. The standard InChI is InChI=1S/C20H29N3O3.ClH/c1-15-16(2)23(12-10-21-15)20(25)17-7-6-11-22(13-17)19(24)14-26-18-8-4-3-5-9-18;/h3-5,8-9,15-17,21H,6-7,10-14H2,1-2H3;1H. The quantitative estimate of drug-likeness (QED) is 0.846. The van der Waals surface area contributed by atoms with E-state index in [1.165, 1.54) is 0 Å². The van der Waals surface area contributed by atoms with E-state index in [1.54, 1.807) is 4.90 Å². The molecule has 2 fully saturated rings. The summed E-state index contributed by atoms with van der Waals surface area (Å²) in [5.74, 6) is 0.728. The Bertz CT molecular complexity index is 628. The number of halogens is 1. The Balaban J connectivity index is 0.00000261. The highest BCUT2D eigenvalue weighted by atomic mass is 35.5. The Kier molecular flexibility index (Phi) is 7.92. The summed E-state index contributed by atoms with van der Waals surface area (Å²) < 4.78 is 5.57. The van der Waals surface area contributed by atoms with Gasteiger partial charge < -0.3 is 19.9 Å². The van der Waals surface area contributed by atoms with Gasteiger partial charge in [-0.15, -0.1) is 12.4 Å². The molecule has 0 spiro atoms. The molecule has 2 heterocycles. The molecule has 0 bridgehead atoms. The molecule has 1 aromatic carbocycles. The van der Waals surface area contributed by atoms with Crippen molar-refractivity contribution >= 4 is 24.2 Å². The van der Waals surface area contributed by atoms with Gasteiger partial charge in [0.25, 0.3) is 5.91 Å². The van der Waals surface area contributed by atoms with Gasteiger partial charge in [0.15, 0.2) is 6.61 Å². The molecule has 27 heavy (non-hydrogen) atoms. The molecule has 6 nitrogen and oxygen atoms in total. The normalized spacial score (nSPS) is 25.5. The van der Waals surface area contributed by atoms with Gasteiger partial charge in [0.05, 0.1) is 5.92 Å². The van der Waals surface area contributed by atoms with Gasteiger partial charge in [-0.3, -0.25) is 9.59 Å². The van der Waals surface area contributed by atoms with Crippen molar-refractivity contribution in [1.29, 1.82) is 0 Å². The molecule has 2 aliphatic rings. The number of benzene rings is 1. The molecule has 0 radical (unpaired) electrons. The molecule has 2 aliphatic heterocycles. The van der Waals surface area contributed by atoms with Crippen molar-refractivity contribution in [3.8, 4) is 5.75 Å². The predicted octanol–water partition coefficient (Wildman–Crippen LogP) is 1.93. The molecule has 0 aromatic heterocycles. The maximum atomic E-state index is 13.0. The number of piperazine rings is 1. The van der Waals surface area contributed by atoms with Crippen molar-refractivity contribution in [3.63, 3.8) is 0 Å². The number of nitrogens with zero attached hydrogens (tertiary/aromatic N) is 2. The lowest BCUT2D eigenvalue weighted by Crippen LogP contribution is -2.59. The Labute approximate surface area is 167 Å². The molecular formula is C20H30ClN3O3. The molecule has 2 saturated heterocycles. The van der Waals surface area contributed by atoms with Gasteiger partial charge in [-0.05, 0) is 38.8 Å². The Morgan fingerprint density at radius 1 is 1.19 bits per heavy atom.